The summed E-state index contributed by atoms with van der Waals surface area (Å²) in [7, 11) is 1.27. The third-order valence-corrected chi connectivity index (χ3v) is 7.54. The van der Waals surface area contributed by atoms with Gasteiger partial charge < -0.3 is 34.7 Å². The smallest absolute Gasteiger partial charge is 0.406 e. The Labute approximate surface area is 247 Å². The lowest BCUT2D eigenvalue weighted by Gasteiger charge is -2.38. The molecule has 2 unspecified atom stereocenters. The van der Waals surface area contributed by atoms with Gasteiger partial charge in [0.15, 0.2) is 0 Å². The van der Waals surface area contributed by atoms with Crippen LogP contribution >= 0.6 is 23.2 Å². The molecule has 3 aromatic carbocycles. The van der Waals surface area contributed by atoms with Crippen LogP contribution in [0.5, 0.6) is 11.5 Å². The Kier molecular flexibility index (Phi) is 9.22. The second kappa shape index (κ2) is 13.0. The fourth-order valence-corrected chi connectivity index (χ4v) is 5.31. The lowest BCUT2D eigenvalue weighted by molar-refractivity contribution is -0.150. The van der Waals surface area contributed by atoms with Crippen LogP contribution in [0, 0.1) is 0 Å². The minimum Gasteiger partial charge on any atom is -0.493 e. The normalized spacial score (nSPS) is 16.6. The number of aliphatic hydroxyl groups is 2. The molecule has 1 aliphatic rings. The van der Waals surface area contributed by atoms with E-state index in [2.05, 4.69) is 15.0 Å². The van der Waals surface area contributed by atoms with Crippen LogP contribution in [0.25, 0.3) is 10.9 Å². The van der Waals surface area contributed by atoms with Crippen LogP contribution in [0.4, 0.5) is 4.79 Å². The van der Waals surface area contributed by atoms with E-state index < -0.39 is 18.6 Å². The molecule has 0 saturated heterocycles. The number of aromatic amines is 1. The number of H-pyrrole nitrogens is 1. The molecule has 11 heteroatoms. The molecular formula is C30H31Cl2N3O6. The highest BCUT2D eigenvalue weighted by molar-refractivity contribution is 6.31. The highest BCUT2D eigenvalue weighted by Crippen LogP contribution is 2.40. The van der Waals surface area contributed by atoms with Crippen molar-refractivity contribution >= 4 is 40.2 Å². The molecule has 0 fully saturated rings. The van der Waals surface area contributed by atoms with Gasteiger partial charge in [-0.05, 0) is 72.1 Å². The molecule has 1 aliphatic heterocycles. The van der Waals surface area contributed by atoms with Gasteiger partial charge in [0.05, 0.1) is 25.9 Å². The number of aliphatic hydroxyl groups excluding tert-OH is 2. The van der Waals surface area contributed by atoms with E-state index in [1.807, 2.05) is 47.4 Å². The number of carbonyl (C=O) groups is 1. The van der Waals surface area contributed by atoms with Crippen LogP contribution in [-0.2, 0) is 11.2 Å². The predicted molar refractivity (Wildman–Crippen MR) is 157 cm³/mol. The number of amides is 1. The summed E-state index contributed by atoms with van der Waals surface area (Å²) in [5.41, 5.74) is 4.01. The fraction of sp³-hybridized carbons (Fsp3) is 0.300. The number of hydrogen-bond acceptors (Lipinski definition) is 7. The first-order valence-corrected chi connectivity index (χ1v) is 14.0. The van der Waals surface area contributed by atoms with Crippen molar-refractivity contribution in [3.05, 3.63) is 93.6 Å². The van der Waals surface area contributed by atoms with E-state index in [9.17, 15) is 15.0 Å². The number of carbonyl (C=O) groups excluding carboxylic acids is 1. The molecule has 4 N–H and O–H groups in total. The number of rotatable bonds is 10. The number of fused-ring (bicyclic) bond motifs is 3. The summed E-state index contributed by atoms with van der Waals surface area (Å²) in [6.07, 6.45) is -1.55. The minimum atomic E-state index is -1.22. The molecular weight excluding hydrogens is 569 g/mol. The van der Waals surface area contributed by atoms with E-state index in [4.69, 9.17) is 32.7 Å². The summed E-state index contributed by atoms with van der Waals surface area (Å²) >= 11 is 12.3. The maximum Gasteiger partial charge on any atom is 0.406 e. The van der Waals surface area contributed by atoms with Crippen LogP contribution in [0.2, 0.25) is 10.0 Å². The number of ether oxygens (including phenoxy) is 3. The number of nitrogens with one attached hydrogen (secondary N) is 2. The van der Waals surface area contributed by atoms with Crippen LogP contribution in [-0.4, -0.2) is 65.5 Å². The Morgan fingerprint density at radius 1 is 1.05 bits per heavy atom. The largest absolute Gasteiger partial charge is 0.493 e. The molecule has 216 valence electrons. The topological polar surface area (TPSA) is 116 Å². The lowest BCUT2D eigenvalue weighted by atomic mass is 9.92. The van der Waals surface area contributed by atoms with E-state index in [0.717, 1.165) is 27.7 Å². The average molecular weight is 600 g/mol. The molecule has 2 heterocycles. The Balaban J connectivity index is 1.35. The molecule has 3 atom stereocenters. The van der Waals surface area contributed by atoms with E-state index in [0.29, 0.717) is 40.9 Å². The summed E-state index contributed by atoms with van der Waals surface area (Å²) in [4.78, 5) is 16.6. The second-order valence-electron chi connectivity index (χ2n) is 9.73. The van der Waals surface area contributed by atoms with Gasteiger partial charge >= 0.3 is 6.09 Å². The van der Waals surface area contributed by atoms with Gasteiger partial charge in [-0.15, -0.1) is 0 Å². The van der Waals surface area contributed by atoms with Crippen molar-refractivity contribution in [2.24, 2.45) is 0 Å². The number of nitrogens with zero attached hydrogens (tertiary/aromatic N) is 1. The zero-order valence-corrected chi connectivity index (χ0v) is 23.9. The van der Waals surface area contributed by atoms with Gasteiger partial charge in [0.2, 0.25) is 0 Å². The zero-order chi connectivity index (χ0) is 28.9. The van der Waals surface area contributed by atoms with Gasteiger partial charge in [0, 0.05) is 46.2 Å². The first kappa shape index (κ1) is 29.0. The van der Waals surface area contributed by atoms with Crippen LogP contribution in [0.3, 0.4) is 0 Å². The lowest BCUT2D eigenvalue weighted by Crippen LogP contribution is -2.46. The summed E-state index contributed by atoms with van der Waals surface area (Å²) in [6.45, 7) is 0.881. The molecule has 0 radical (unpaired) electrons. The number of methoxy groups -OCH3 is 1. The van der Waals surface area contributed by atoms with Gasteiger partial charge in [0.1, 0.15) is 11.5 Å². The van der Waals surface area contributed by atoms with Crippen LogP contribution < -0.4 is 14.8 Å². The quantitative estimate of drug-likeness (QED) is 0.184. The predicted octanol–water partition coefficient (Wildman–Crippen LogP) is 5.26. The first-order chi connectivity index (χ1) is 19.8. The number of halogens is 2. The van der Waals surface area contributed by atoms with Crippen molar-refractivity contribution in [3.63, 3.8) is 0 Å². The van der Waals surface area contributed by atoms with Crippen LogP contribution in [0.15, 0.2) is 66.7 Å². The molecule has 41 heavy (non-hydrogen) atoms. The number of benzene rings is 3. The SMILES string of the molecule is COC(=O)NCC(O)CCOc1ccc([C@H]2c3[nH]c4ccc(Cl)cc4c3CCN2C(O)Oc2ccc(Cl)cc2)cc1. The molecule has 0 spiro atoms. The summed E-state index contributed by atoms with van der Waals surface area (Å²) in [5, 5.41) is 26.1. The highest BCUT2D eigenvalue weighted by atomic mass is 35.5. The van der Waals surface area contributed by atoms with Crippen molar-refractivity contribution < 1.29 is 29.2 Å². The Hall–Kier alpha value is -3.47. The number of hydrogen-bond donors (Lipinski definition) is 4. The Morgan fingerprint density at radius 3 is 2.49 bits per heavy atom. The minimum absolute atomic E-state index is 0.0744. The molecule has 0 saturated carbocycles. The van der Waals surface area contributed by atoms with Crippen LogP contribution in [0.1, 0.15) is 29.3 Å². The van der Waals surface area contributed by atoms with Crippen molar-refractivity contribution in [1.29, 1.82) is 0 Å². The molecule has 1 aromatic heterocycles. The van der Waals surface area contributed by atoms with Gasteiger partial charge in [-0.3, -0.25) is 0 Å². The maximum atomic E-state index is 11.2. The number of aromatic nitrogens is 1. The van der Waals surface area contributed by atoms with Crippen molar-refractivity contribution in [2.45, 2.75) is 31.4 Å². The van der Waals surface area contributed by atoms with Crippen molar-refractivity contribution in [1.82, 2.24) is 15.2 Å². The van der Waals surface area contributed by atoms with Gasteiger partial charge in [-0.25, -0.2) is 9.69 Å². The third-order valence-electron chi connectivity index (χ3n) is 7.05. The summed E-state index contributed by atoms with van der Waals surface area (Å²) < 4.78 is 16.2. The standard InChI is InChI=1S/C30H31Cl2N3O6/c1-39-29(37)33-17-21(36)13-15-40-22-7-2-18(3-8-22)28-27-24(25-16-20(32)6-11-26(25)34-27)12-14-35(28)30(38)41-23-9-4-19(31)5-10-23/h2-11,16,21,28,30,34,36,38H,12-15,17H2,1H3,(H,33,37)/t21?,28-,30?/m0/s1. The van der Waals surface area contributed by atoms with E-state index >= 15 is 0 Å². The zero-order valence-electron chi connectivity index (χ0n) is 22.3. The Bertz CT molecular complexity index is 1480. The summed E-state index contributed by atoms with van der Waals surface area (Å²) in [5.74, 6) is 1.13. The molecule has 4 aromatic rings. The fourth-order valence-electron chi connectivity index (χ4n) is 5.01. The molecule has 9 nitrogen and oxygen atoms in total. The number of alkyl carbamates (subject to hydrolysis) is 1. The van der Waals surface area contributed by atoms with Crippen molar-refractivity contribution in [2.75, 3.05) is 26.8 Å². The van der Waals surface area contributed by atoms with E-state index in [1.165, 1.54) is 7.11 Å². The first-order valence-electron chi connectivity index (χ1n) is 13.2. The third kappa shape index (κ3) is 6.89. The van der Waals surface area contributed by atoms with Crippen molar-refractivity contribution in [3.8, 4) is 11.5 Å². The maximum absolute atomic E-state index is 11.2. The van der Waals surface area contributed by atoms with Gasteiger partial charge in [-0.2, -0.15) is 0 Å². The van der Waals surface area contributed by atoms with Gasteiger partial charge in [-0.1, -0.05) is 35.3 Å². The molecule has 1 amide bonds. The molecule has 5 rings (SSSR count). The van der Waals surface area contributed by atoms with Gasteiger partial charge in [0.25, 0.3) is 6.41 Å². The molecule has 0 bridgehead atoms. The monoisotopic (exact) mass is 599 g/mol. The average Bonchev–Trinajstić information content (AvgIpc) is 3.34. The highest BCUT2D eigenvalue weighted by Gasteiger charge is 2.36. The molecule has 0 aliphatic carbocycles. The van der Waals surface area contributed by atoms with E-state index in [1.54, 1.807) is 24.3 Å². The Morgan fingerprint density at radius 2 is 1.76 bits per heavy atom. The summed E-state index contributed by atoms with van der Waals surface area (Å²) in [6, 6.07) is 19.9. The van der Waals surface area contributed by atoms with E-state index in [-0.39, 0.29) is 19.2 Å². The second-order valence-corrected chi connectivity index (χ2v) is 10.6.